The van der Waals surface area contributed by atoms with E-state index in [1.165, 1.54) is 0 Å². The Hall–Kier alpha value is -3.00. The van der Waals surface area contributed by atoms with E-state index in [-0.39, 0.29) is 12.5 Å². The Bertz CT molecular complexity index is 1250. The average molecular weight is 473 g/mol. The van der Waals surface area contributed by atoms with E-state index in [9.17, 15) is 9.90 Å². The van der Waals surface area contributed by atoms with Gasteiger partial charge in [-0.05, 0) is 49.2 Å². The van der Waals surface area contributed by atoms with Crippen molar-refractivity contribution in [2.24, 2.45) is 10.9 Å². The molecule has 1 aromatic heterocycles. The summed E-state index contributed by atoms with van der Waals surface area (Å²) in [5.74, 6) is 1.46. The number of carbonyl (C=O) groups is 1. The second-order valence-electron chi connectivity index (χ2n) is 10.3. The van der Waals surface area contributed by atoms with Gasteiger partial charge in [0.25, 0.3) is 5.91 Å². The number of amidine groups is 1. The molecular weight excluding hydrogens is 440 g/mol. The molecule has 35 heavy (non-hydrogen) atoms. The molecule has 6 rings (SSSR count). The van der Waals surface area contributed by atoms with Crippen molar-refractivity contribution in [2.75, 3.05) is 52.9 Å². The molecule has 0 radical (unpaired) electrons. The van der Waals surface area contributed by atoms with Crippen LogP contribution in [0.1, 0.15) is 18.4 Å². The van der Waals surface area contributed by atoms with Crippen LogP contribution in [0.3, 0.4) is 0 Å². The zero-order chi connectivity index (χ0) is 24.0. The number of rotatable bonds is 6. The van der Waals surface area contributed by atoms with Crippen molar-refractivity contribution < 1.29 is 14.3 Å². The van der Waals surface area contributed by atoms with Crippen LogP contribution in [-0.4, -0.2) is 90.0 Å². The highest BCUT2D eigenvalue weighted by molar-refractivity contribution is 6.15. The van der Waals surface area contributed by atoms with E-state index < -0.39 is 5.54 Å². The SMILES string of the molecule is CN1CC(CN2C(=O)C3(CCN(CCO)CC3)N=C2c2ccc(-c3ccc4occc4c3)cc2)C1. The predicted octanol–water partition coefficient (Wildman–Crippen LogP) is 3.08. The molecule has 2 saturated heterocycles. The van der Waals surface area contributed by atoms with Gasteiger partial charge in [-0.3, -0.25) is 14.7 Å². The molecule has 1 spiro atoms. The zero-order valence-electron chi connectivity index (χ0n) is 20.2. The number of fused-ring (bicyclic) bond motifs is 1. The monoisotopic (exact) mass is 472 g/mol. The summed E-state index contributed by atoms with van der Waals surface area (Å²) >= 11 is 0. The number of nitrogens with zero attached hydrogens (tertiary/aromatic N) is 4. The van der Waals surface area contributed by atoms with Crippen LogP contribution in [0.5, 0.6) is 0 Å². The summed E-state index contributed by atoms with van der Waals surface area (Å²) < 4.78 is 5.47. The van der Waals surface area contributed by atoms with Gasteiger partial charge in [-0.1, -0.05) is 30.3 Å². The fourth-order valence-electron chi connectivity index (χ4n) is 5.82. The molecule has 1 amide bonds. The maximum Gasteiger partial charge on any atom is 0.256 e. The van der Waals surface area contributed by atoms with Crippen molar-refractivity contribution in [3.63, 3.8) is 0 Å². The number of hydrogen-bond donors (Lipinski definition) is 1. The molecule has 3 aliphatic rings. The molecule has 3 aliphatic heterocycles. The first-order valence-electron chi connectivity index (χ1n) is 12.6. The van der Waals surface area contributed by atoms with Crippen molar-refractivity contribution in [2.45, 2.75) is 18.4 Å². The zero-order valence-corrected chi connectivity index (χ0v) is 20.2. The fraction of sp³-hybridized carbons (Fsp3) is 0.429. The number of β-amino-alcohol motifs (C(OH)–C–C–N with tert-alkyl or cyclic N) is 1. The second-order valence-corrected chi connectivity index (χ2v) is 10.3. The van der Waals surface area contributed by atoms with Crippen LogP contribution in [0, 0.1) is 5.92 Å². The lowest BCUT2D eigenvalue weighted by Crippen LogP contribution is -2.54. The lowest BCUT2D eigenvalue weighted by atomic mass is 9.87. The van der Waals surface area contributed by atoms with Crippen molar-refractivity contribution in [3.8, 4) is 11.1 Å². The molecule has 0 bridgehead atoms. The topological polar surface area (TPSA) is 72.5 Å². The minimum absolute atomic E-state index is 0.149. The Morgan fingerprint density at radius 3 is 2.46 bits per heavy atom. The Kier molecular flexibility index (Phi) is 5.71. The van der Waals surface area contributed by atoms with Crippen LogP contribution >= 0.6 is 0 Å². The number of carbonyl (C=O) groups excluding carboxylic acids is 1. The molecule has 7 nitrogen and oxygen atoms in total. The fourth-order valence-corrected chi connectivity index (χ4v) is 5.82. The van der Waals surface area contributed by atoms with Gasteiger partial charge in [0.05, 0.1) is 12.9 Å². The van der Waals surface area contributed by atoms with Crippen molar-refractivity contribution in [1.29, 1.82) is 0 Å². The molecule has 2 fully saturated rings. The van der Waals surface area contributed by atoms with E-state index in [0.29, 0.717) is 25.3 Å². The van der Waals surface area contributed by atoms with E-state index in [4.69, 9.17) is 9.41 Å². The van der Waals surface area contributed by atoms with Crippen LogP contribution in [-0.2, 0) is 4.79 Å². The van der Waals surface area contributed by atoms with E-state index in [1.807, 2.05) is 17.0 Å². The van der Waals surface area contributed by atoms with Gasteiger partial charge in [0.1, 0.15) is 17.0 Å². The lowest BCUT2D eigenvalue weighted by molar-refractivity contribution is -0.133. The number of benzene rings is 2. The van der Waals surface area contributed by atoms with Gasteiger partial charge in [0.2, 0.25) is 0 Å². The Labute approximate surface area is 205 Å². The van der Waals surface area contributed by atoms with E-state index in [2.05, 4.69) is 53.2 Å². The number of aliphatic hydroxyl groups is 1. The number of furan rings is 1. The minimum Gasteiger partial charge on any atom is -0.464 e. The first-order chi connectivity index (χ1) is 17.0. The molecule has 7 heteroatoms. The summed E-state index contributed by atoms with van der Waals surface area (Å²) in [5.41, 5.74) is 3.48. The third kappa shape index (κ3) is 4.07. The standard InChI is InChI=1S/C28H32N4O3/c1-30-17-20(18-30)19-32-26(29-28(27(32)34)9-11-31(12-10-28)13-14-33)22-4-2-21(3-5-22)23-6-7-25-24(16-23)8-15-35-25/h2-8,15-16,20,33H,9-14,17-19H2,1H3. The number of likely N-dealkylation sites (tertiary alicyclic amines) is 2. The normalized spacial score (nSPS) is 21.1. The van der Waals surface area contributed by atoms with Gasteiger partial charge in [0.15, 0.2) is 0 Å². The molecule has 0 saturated carbocycles. The van der Waals surface area contributed by atoms with Crippen molar-refractivity contribution in [3.05, 3.63) is 60.4 Å². The van der Waals surface area contributed by atoms with Gasteiger partial charge in [-0.25, -0.2) is 0 Å². The summed E-state index contributed by atoms with van der Waals surface area (Å²) in [5, 5.41) is 10.4. The molecule has 4 heterocycles. The van der Waals surface area contributed by atoms with Crippen LogP contribution in [0.25, 0.3) is 22.1 Å². The highest BCUT2D eigenvalue weighted by atomic mass is 16.3. The Morgan fingerprint density at radius 1 is 1.03 bits per heavy atom. The molecule has 0 unspecified atom stereocenters. The van der Waals surface area contributed by atoms with Crippen LogP contribution < -0.4 is 0 Å². The Balaban J connectivity index is 1.29. The van der Waals surface area contributed by atoms with Crippen molar-refractivity contribution >= 4 is 22.7 Å². The molecule has 3 aromatic rings. The molecule has 1 N–H and O–H groups in total. The van der Waals surface area contributed by atoms with Gasteiger partial charge < -0.3 is 19.3 Å². The third-order valence-electron chi connectivity index (χ3n) is 7.83. The molecular formula is C28H32N4O3. The predicted molar refractivity (Wildman–Crippen MR) is 136 cm³/mol. The summed E-state index contributed by atoms with van der Waals surface area (Å²) in [7, 11) is 2.12. The highest BCUT2D eigenvalue weighted by Gasteiger charge is 2.50. The van der Waals surface area contributed by atoms with Gasteiger partial charge >= 0.3 is 0 Å². The summed E-state index contributed by atoms with van der Waals surface area (Å²) in [6.07, 6.45) is 3.13. The van der Waals surface area contributed by atoms with Crippen molar-refractivity contribution in [1.82, 2.24) is 14.7 Å². The maximum atomic E-state index is 13.8. The third-order valence-corrected chi connectivity index (χ3v) is 7.83. The number of aliphatic hydroxyl groups excluding tert-OH is 1. The van der Waals surface area contributed by atoms with E-state index in [0.717, 1.165) is 66.2 Å². The maximum absolute atomic E-state index is 13.8. The summed E-state index contributed by atoms with van der Waals surface area (Å²) in [6, 6.07) is 16.6. The molecule has 0 aliphatic carbocycles. The summed E-state index contributed by atoms with van der Waals surface area (Å²) in [4.78, 5) is 25.4. The first-order valence-corrected chi connectivity index (χ1v) is 12.6. The largest absolute Gasteiger partial charge is 0.464 e. The van der Waals surface area contributed by atoms with Crippen LogP contribution in [0.4, 0.5) is 0 Å². The molecule has 0 atom stereocenters. The number of amides is 1. The van der Waals surface area contributed by atoms with Gasteiger partial charge in [-0.15, -0.1) is 0 Å². The second kappa shape index (κ2) is 8.90. The van der Waals surface area contributed by atoms with E-state index in [1.54, 1.807) is 6.26 Å². The van der Waals surface area contributed by atoms with Crippen LogP contribution in [0.15, 0.2) is 64.2 Å². The summed E-state index contributed by atoms with van der Waals surface area (Å²) in [6.45, 7) is 5.15. The Morgan fingerprint density at radius 2 is 1.74 bits per heavy atom. The molecule has 182 valence electrons. The van der Waals surface area contributed by atoms with Crippen LogP contribution in [0.2, 0.25) is 0 Å². The number of hydrogen-bond acceptors (Lipinski definition) is 6. The number of aliphatic imine (C=N–C) groups is 1. The first kappa shape index (κ1) is 22.5. The smallest absolute Gasteiger partial charge is 0.256 e. The van der Waals surface area contributed by atoms with Gasteiger partial charge in [-0.2, -0.15) is 0 Å². The lowest BCUT2D eigenvalue weighted by Gasteiger charge is -2.40. The molecule has 2 aromatic carbocycles. The quantitative estimate of drug-likeness (QED) is 0.597. The average Bonchev–Trinajstić information content (AvgIpc) is 3.43. The highest BCUT2D eigenvalue weighted by Crippen LogP contribution is 2.36. The minimum atomic E-state index is -0.665. The number of piperidine rings is 1. The van der Waals surface area contributed by atoms with Gasteiger partial charge in [0, 0.05) is 56.1 Å². The van der Waals surface area contributed by atoms with E-state index >= 15 is 0 Å².